The van der Waals surface area contributed by atoms with Crippen molar-refractivity contribution < 1.29 is 19.7 Å². The first-order chi connectivity index (χ1) is 20.0. The van der Waals surface area contributed by atoms with Crippen LogP contribution in [0.4, 0.5) is 0 Å². The smallest absolute Gasteiger partial charge is 0.335 e. The molecule has 202 valence electrons. The van der Waals surface area contributed by atoms with Crippen LogP contribution in [0.3, 0.4) is 0 Å². The highest BCUT2D eigenvalue weighted by atomic mass is 35.5. The number of aliphatic hydroxyl groups is 1. The van der Waals surface area contributed by atoms with Crippen LogP contribution >= 0.6 is 11.6 Å². The summed E-state index contributed by atoms with van der Waals surface area (Å²) >= 11 is 6.33. The molecule has 11 heteroatoms. The number of carboxylic acids is 1. The fourth-order valence-electron chi connectivity index (χ4n) is 4.70. The molecule has 0 saturated heterocycles. The van der Waals surface area contributed by atoms with Gasteiger partial charge in [0.05, 0.1) is 17.5 Å². The number of nitrogens with one attached hydrogen (secondary N) is 1. The number of carboxylic acid groups (broad SMARTS) is 1. The van der Waals surface area contributed by atoms with Gasteiger partial charge in [0, 0.05) is 34.1 Å². The third-order valence-corrected chi connectivity index (χ3v) is 7.02. The molecule has 0 saturated carbocycles. The zero-order chi connectivity index (χ0) is 28.3. The van der Waals surface area contributed by atoms with Gasteiger partial charge in [-0.25, -0.2) is 4.79 Å². The average molecular weight is 565 g/mol. The summed E-state index contributed by atoms with van der Waals surface area (Å²) < 4.78 is 3.35. The minimum absolute atomic E-state index is 0.202. The first-order valence-electron chi connectivity index (χ1n) is 12.6. The number of aromatic nitrogens is 7. The third-order valence-electron chi connectivity index (χ3n) is 6.79. The van der Waals surface area contributed by atoms with Gasteiger partial charge >= 0.3 is 5.97 Å². The highest BCUT2D eigenvalue weighted by molar-refractivity contribution is 6.31. The van der Waals surface area contributed by atoms with Gasteiger partial charge in [-0.05, 0) is 47.5 Å². The lowest BCUT2D eigenvalue weighted by molar-refractivity contribution is -0.659. The fraction of sp³-hybridized carbons (Fsp3) is 0.0667. The van der Waals surface area contributed by atoms with Crippen molar-refractivity contribution in [3.8, 4) is 27.9 Å². The Hall–Kier alpha value is -5.19. The largest absolute Gasteiger partial charge is 0.478 e. The van der Waals surface area contributed by atoms with E-state index in [2.05, 4.69) is 20.6 Å². The van der Waals surface area contributed by atoms with Gasteiger partial charge in [0.2, 0.25) is 0 Å². The van der Waals surface area contributed by atoms with Crippen LogP contribution in [0.5, 0.6) is 0 Å². The average Bonchev–Trinajstić information content (AvgIpc) is 3.72. The Kier molecular flexibility index (Phi) is 7.07. The Balaban J connectivity index is 1.39. The summed E-state index contributed by atoms with van der Waals surface area (Å²) in [5.74, 6) is -0.988. The summed E-state index contributed by atoms with van der Waals surface area (Å²) in [5, 5.41) is 36.4. The van der Waals surface area contributed by atoms with E-state index in [1.807, 2.05) is 60.8 Å². The lowest BCUT2D eigenvalue weighted by Crippen LogP contribution is -2.32. The molecule has 3 N–H and O–H groups in total. The standard InChI is InChI=1S/C30H22ClN7O3/c31-24-11-13-27(38-18-33-35-36-38)25(14-24)22-10-12-26(32-15-22)28(29(39)20-4-2-1-3-5-20)37-17-23(16-34-37)19-6-8-21(9-7-19)30(40)41/h1-18,28-29,39H,(H,40,41)/p+1/t28-,29+/m1/s1. The molecule has 0 amide bonds. The first kappa shape index (κ1) is 26.1. The lowest BCUT2D eigenvalue weighted by Gasteiger charge is -2.24. The molecule has 2 atom stereocenters. The van der Waals surface area contributed by atoms with Crippen LogP contribution in [0.1, 0.15) is 33.8 Å². The molecule has 41 heavy (non-hydrogen) atoms. The third kappa shape index (κ3) is 5.33. The molecule has 3 aromatic heterocycles. The maximum absolute atomic E-state index is 11.6. The van der Waals surface area contributed by atoms with Crippen molar-refractivity contribution in [1.82, 2.24) is 30.3 Å². The van der Waals surface area contributed by atoms with Gasteiger partial charge in [0.1, 0.15) is 22.9 Å². The maximum atomic E-state index is 11.6. The Morgan fingerprint density at radius 3 is 2.39 bits per heavy atom. The molecule has 0 fully saturated rings. The molecule has 0 aliphatic rings. The lowest BCUT2D eigenvalue weighted by atomic mass is 9.98. The van der Waals surface area contributed by atoms with E-state index in [1.165, 1.54) is 0 Å². The van der Waals surface area contributed by atoms with Gasteiger partial charge in [0.15, 0.2) is 5.21 Å². The normalized spacial score (nSPS) is 12.6. The highest BCUT2D eigenvalue weighted by Gasteiger charge is 2.27. The molecule has 6 rings (SSSR count). The second kappa shape index (κ2) is 11.1. The van der Waals surface area contributed by atoms with Crippen LogP contribution in [0.15, 0.2) is 110 Å². The quantitative estimate of drug-likeness (QED) is 0.228. The molecule has 3 aromatic carbocycles. The first-order valence-corrected chi connectivity index (χ1v) is 13.0. The molecule has 6 aromatic rings. The number of benzene rings is 3. The van der Waals surface area contributed by atoms with Gasteiger partial charge in [-0.3, -0.25) is 9.67 Å². The zero-order valence-electron chi connectivity index (χ0n) is 21.4. The Bertz CT molecular complexity index is 1790. The molecule has 3 heterocycles. The minimum atomic E-state index is -0.988. The Morgan fingerprint density at radius 2 is 1.71 bits per heavy atom. The number of hydrogen-bond donors (Lipinski definition) is 3. The molecule has 0 aliphatic carbocycles. The van der Waals surface area contributed by atoms with E-state index in [0.29, 0.717) is 16.3 Å². The SMILES string of the molecule is O=C(O)c1ccc(-c2cnn([C@H](c3ccc(-c4cc(Cl)ccc4-[n+]4cnn[nH]4)cn3)[C@@H](O)c3ccccc3)c2)cc1. The van der Waals surface area contributed by atoms with Gasteiger partial charge in [-0.2, -0.15) is 5.10 Å². The van der Waals surface area contributed by atoms with Crippen LogP contribution in [0, 0.1) is 0 Å². The van der Waals surface area contributed by atoms with Crippen molar-refractivity contribution in [2.75, 3.05) is 0 Å². The Labute approximate surface area is 239 Å². The van der Waals surface area contributed by atoms with E-state index >= 15 is 0 Å². The van der Waals surface area contributed by atoms with Crippen molar-refractivity contribution in [2.45, 2.75) is 12.1 Å². The highest BCUT2D eigenvalue weighted by Crippen LogP contribution is 2.34. The molecule has 0 bridgehead atoms. The number of halogens is 1. The maximum Gasteiger partial charge on any atom is 0.335 e. The van der Waals surface area contributed by atoms with Crippen LogP contribution in [-0.4, -0.2) is 46.5 Å². The van der Waals surface area contributed by atoms with E-state index in [9.17, 15) is 15.0 Å². The summed E-state index contributed by atoms with van der Waals surface area (Å²) in [6.07, 6.45) is 5.84. The summed E-state index contributed by atoms with van der Waals surface area (Å²) in [6, 6.07) is 24.5. The number of aromatic carboxylic acids is 1. The van der Waals surface area contributed by atoms with E-state index in [4.69, 9.17) is 16.6 Å². The van der Waals surface area contributed by atoms with E-state index in [-0.39, 0.29) is 5.56 Å². The second-order valence-electron chi connectivity index (χ2n) is 9.33. The molecular formula is C30H23ClN7O3+. The number of rotatable bonds is 8. The van der Waals surface area contributed by atoms with E-state index in [0.717, 1.165) is 27.9 Å². The summed E-state index contributed by atoms with van der Waals surface area (Å²) in [7, 11) is 0. The van der Waals surface area contributed by atoms with Crippen LogP contribution in [0.2, 0.25) is 5.02 Å². The molecule has 10 nitrogen and oxygen atoms in total. The minimum Gasteiger partial charge on any atom is -0.478 e. The van der Waals surface area contributed by atoms with Gasteiger partial charge in [0.25, 0.3) is 6.33 Å². The second-order valence-corrected chi connectivity index (χ2v) is 9.76. The van der Waals surface area contributed by atoms with Crippen molar-refractivity contribution in [2.24, 2.45) is 0 Å². The van der Waals surface area contributed by atoms with Gasteiger partial charge < -0.3 is 10.2 Å². The number of nitrogens with zero attached hydrogens (tertiary/aromatic N) is 6. The number of carbonyl (C=O) groups is 1. The molecule has 0 unspecified atom stereocenters. The number of tetrazole rings is 1. The van der Waals surface area contributed by atoms with Gasteiger partial charge in [-0.15, -0.1) is 4.68 Å². The number of H-pyrrole nitrogens is 1. The van der Waals surface area contributed by atoms with E-state index < -0.39 is 18.1 Å². The van der Waals surface area contributed by atoms with Crippen LogP contribution in [0.25, 0.3) is 27.9 Å². The number of pyridine rings is 1. The predicted molar refractivity (Wildman–Crippen MR) is 150 cm³/mol. The number of hydrogen-bond acceptors (Lipinski definition) is 6. The molecule has 0 radical (unpaired) electrons. The number of aromatic amines is 1. The molecular weight excluding hydrogens is 542 g/mol. The zero-order valence-corrected chi connectivity index (χ0v) is 22.2. The van der Waals surface area contributed by atoms with Crippen molar-refractivity contribution >= 4 is 17.6 Å². The van der Waals surface area contributed by atoms with Gasteiger partial charge in [-0.1, -0.05) is 65.3 Å². The van der Waals surface area contributed by atoms with Crippen molar-refractivity contribution in [1.29, 1.82) is 0 Å². The van der Waals surface area contributed by atoms with Crippen LogP contribution < -0.4 is 4.68 Å². The fourth-order valence-corrected chi connectivity index (χ4v) is 4.87. The monoisotopic (exact) mass is 564 g/mol. The topological polar surface area (TPSA) is 134 Å². The predicted octanol–water partition coefficient (Wildman–Crippen LogP) is 4.68. The molecule has 0 aliphatic heterocycles. The van der Waals surface area contributed by atoms with E-state index in [1.54, 1.807) is 58.4 Å². The summed E-state index contributed by atoms with van der Waals surface area (Å²) in [4.78, 5) is 16.0. The van der Waals surface area contributed by atoms with Crippen LogP contribution in [-0.2, 0) is 0 Å². The summed E-state index contributed by atoms with van der Waals surface area (Å²) in [5.41, 5.74) is 5.51. The molecule has 0 spiro atoms. The van der Waals surface area contributed by atoms with Crippen molar-refractivity contribution in [3.63, 3.8) is 0 Å². The van der Waals surface area contributed by atoms with Crippen molar-refractivity contribution in [3.05, 3.63) is 132 Å². The number of aliphatic hydroxyl groups excluding tert-OH is 1. The summed E-state index contributed by atoms with van der Waals surface area (Å²) in [6.45, 7) is 0. The Morgan fingerprint density at radius 1 is 0.927 bits per heavy atom.